The molecule has 0 atom stereocenters. The van der Waals surface area contributed by atoms with Crippen LogP contribution in [0.25, 0.3) is 0 Å². The topological polar surface area (TPSA) is 84.0 Å². The number of benzene rings is 2. The molecule has 0 unspecified atom stereocenters. The molecule has 0 bridgehead atoms. The van der Waals surface area contributed by atoms with Gasteiger partial charge in [0.1, 0.15) is 5.82 Å². The third-order valence-electron chi connectivity index (χ3n) is 5.98. The second-order valence-corrected chi connectivity index (χ2v) is 8.29. The van der Waals surface area contributed by atoms with E-state index in [1.54, 1.807) is 35.2 Å². The van der Waals surface area contributed by atoms with Crippen molar-refractivity contribution in [2.24, 2.45) is 0 Å². The first kappa shape index (κ1) is 25.8. The number of nitrogens with zero attached hydrogens (tertiary/aromatic N) is 3. The molecule has 37 heavy (non-hydrogen) atoms. The summed E-state index contributed by atoms with van der Waals surface area (Å²) >= 11 is 0. The Morgan fingerprint density at radius 2 is 1.62 bits per heavy atom. The monoisotopic (exact) mass is 514 g/mol. The minimum atomic E-state index is -4.53. The molecule has 1 aliphatic rings. The molecule has 8 nitrogen and oxygen atoms in total. The molecule has 11 heteroatoms. The zero-order chi connectivity index (χ0) is 26.6. The maximum absolute atomic E-state index is 12.9. The summed E-state index contributed by atoms with van der Waals surface area (Å²) in [6.07, 6.45) is -3.09. The lowest BCUT2D eigenvalue weighted by Gasteiger charge is -2.35. The number of rotatable bonds is 6. The Morgan fingerprint density at radius 1 is 0.892 bits per heavy atom. The van der Waals surface area contributed by atoms with Gasteiger partial charge in [-0.3, -0.25) is 9.59 Å². The first-order chi connectivity index (χ1) is 17.7. The fourth-order valence-electron chi connectivity index (χ4n) is 3.98. The van der Waals surface area contributed by atoms with Crippen LogP contribution in [0.15, 0.2) is 60.8 Å². The van der Waals surface area contributed by atoms with E-state index in [0.717, 1.165) is 12.1 Å². The van der Waals surface area contributed by atoms with Gasteiger partial charge in [0.15, 0.2) is 11.5 Å². The molecule has 3 aromatic rings. The van der Waals surface area contributed by atoms with Crippen molar-refractivity contribution >= 4 is 23.3 Å². The third-order valence-corrected chi connectivity index (χ3v) is 5.98. The fraction of sp³-hybridized carbons (Fsp3) is 0.269. The SMILES string of the molecule is COc1ccc(C(=O)N2CCN(c3ccc(NC(=O)c4cccc(C(F)(F)F)c4)cn3)CC2)cc1OC. The van der Waals surface area contributed by atoms with Gasteiger partial charge in [0.25, 0.3) is 11.8 Å². The average Bonchev–Trinajstić information content (AvgIpc) is 2.92. The van der Waals surface area contributed by atoms with E-state index in [1.807, 2.05) is 4.90 Å². The highest BCUT2D eigenvalue weighted by molar-refractivity contribution is 6.04. The number of amides is 2. The molecule has 0 aliphatic carbocycles. The predicted molar refractivity (Wildman–Crippen MR) is 131 cm³/mol. The highest BCUT2D eigenvalue weighted by atomic mass is 19.4. The minimum absolute atomic E-state index is 0.103. The van der Waals surface area contributed by atoms with Crippen molar-refractivity contribution < 1.29 is 32.2 Å². The second kappa shape index (κ2) is 10.8. The quantitative estimate of drug-likeness (QED) is 0.527. The molecular formula is C26H25F3N4O4. The number of hydrogen-bond acceptors (Lipinski definition) is 6. The number of carbonyl (C=O) groups excluding carboxylic acids is 2. The van der Waals surface area contributed by atoms with Crippen molar-refractivity contribution in [3.63, 3.8) is 0 Å². The number of ether oxygens (including phenoxy) is 2. The number of anilines is 2. The van der Waals surface area contributed by atoms with Gasteiger partial charge >= 0.3 is 6.18 Å². The number of methoxy groups -OCH3 is 2. The molecule has 1 aliphatic heterocycles. The van der Waals surface area contributed by atoms with Crippen LogP contribution in [0.5, 0.6) is 11.5 Å². The van der Waals surface area contributed by atoms with Crippen LogP contribution < -0.4 is 19.7 Å². The normalized spacial score (nSPS) is 13.8. The van der Waals surface area contributed by atoms with Gasteiger partial charge in [-0.25, -0.2) is 4.98 Å². The van der Waals surface area contributed by atoms with Gasteiger partial charge in [-0.1, -0.05) is 6.07 Å². The Morgan fingerprint density at radius 3 is 2.24 bits per heavy atom. The number of pyridine rings is 1. The van der Waals surface area contributed by atoms with Crippen LogP contribution in [0.1, 0.15) is 26.3 Å². The zero-order valence-electron chi connectivity index (χ0n) is 20.2. The van der Waals surface area contributed by atoms with Crippen LogP contribution in [0.2, 0.25) is 0 Å². The largest absolute Gasteiger partial charge is 0.493 e. The molecule has 2 heterocycles. The zero-order valence-corrected chi connectivity index (χ0v) is 20.2. The molecular weight excluding hydrogens is 489 g/mol. The summed E-state index contributed by atoms with van der Waals surface area (Å²) in [5, 5.41) is 2.57. The molecule has 4 rings (SSSR count). The molecule has 1 N–H and O–H groups in total. The minimum Gasteiger partial charge on any atom is -0.493 e. The van der Waals surface area contributed by atoms with E-state index in [9.17, 15) is 22.8 Å². The summed E-state index contributed by atoms with van der Waals surface area (Å²) in [5.41, 5.74) is -0.134. The molecule has 2 aromatic carbocycles. The number of aromatic nitrogens is 1. The summed E-state index contributed by atoms with van der Waals surface area (Å²) in [6.45, 7) is 2.09. The Labute approximate surface area is 211 Å². The first-order valence-electron chi connectivity index (χ1n) is 11.4. The Balaban J connectivity index is 1.34. The summed E-state index contributed by atoms with van der Waals surface area (Å²) in [5.74, 6) is 0.917. The molecule has 0 spiro atoms. The van der Waals surface area contributed by atoms with Crippen LogP contribution in [-0.4, -0.2) is 62.1 Å². The van der Waals surface area contributed by atoms with Gasteiger partial charge in [-0.05, 0) is 48.5 Å². The van der Waals surface area contributed by atoms with Crippen molar-refractivity contribution in [1.29, 1.82) is 0 Å². The first-order valence-corrected chi connectivity index (χ1v) is 11.4. The molecule has 1 fully saturated rings. The number of hydrogen-bond donors (Lipinski definition) is 1. The molecule has 0 saturated carbocycles. The Hall–Kier alpha value is -4.28. The van der Waals surface area contributed by atoms with Crippen LogP contribution in [-0.2, 0) is 6.18 Å². The van der Waals surface area contributed by atoms with E-state index >= 15 is 0 Å². The van der Waals surface area contributed by atoms with E-state index in [4.69, 9.17) is 9.47 Å². The summed E-state index contributed by atoms with van der Waals surface area (Å²) in [6, 6.07) is 12.6. The molecule has 194 valence electrons. The van der Waals surface area contributed by atoms with Gasteiger partial charge in [0.2, 0.25) is 0 Å². The van der Waals surface area contributed by atoms with Gasteiger partial charge in [-0.2, -0.15) is 13.2 Å². The van der Waals surface area contributed by atoms with E-state index in [0.29, 0.717) is 54.7 Å². The van der Waals surface area contributed by atoms with Crippen molar-refractivity contribution in [2.45, 2.75) is 6.18 Å². The average molecular weight is 515 g/mol. The Bertz CT molecular complexity index is 1270. The number of nitrogens with one attached hydrogen (secondary N) is 1. The summed E-state index contributed by atoms with van der Waals surface area (Å²) in [7, 11) is 3.04. The van der Waals surface area contributed by atoms with Gasteiger partial charge in [0, 0.05) is 37.3 Å². The summed E-state index contributed by atoms with van der Waals surface area (Å²) in [4.78, 5) is 33.5. The smallest absolute Gasteiger partial charge is 0.416 e. The van der Waals surface area contributed by atoms with Crippen LogP contribution in [0.4, 0.5) is 24.7 Å². The number of carbonyl (C=O) groups is 2. The predicted octanol–water partition coefficient (Wildman–Crippen LogP) is 4.33. The lowest BCUT2D eigenvalue weighted by atomic mass is 10.1. The highest BCUT2D eigenvalue weighted by Crippen LogP contribution is 2.30. The molecule has 0 radical (unpaired) electrons. The molecule has 1 aromatic heterocycles. The van der Waals surface area contributed by atoms with E-state index in [-0.39, 0.29) is 11.5 Å². The van der Waals surface area contributed by atoms with Crippen LogP contribution in [0, 0.1) is 0 Å². The van der Waals surface area contributed by atoms with Crippen LogP contribution >= 0.6 is 0 Å². The number of piperazine rings is 1. The highest BCUT2D eigenvalue weighted by Gasteiger charge is 2.31. The maximum Gasteiger partial charge on any atom is 0.416 e. The maximum atomic E-state index is 12.9. The molecule has 1 saturated heterocycles. The molecule has 2 amide bonds. The van der Waals surface area contributed by atoms with Gasteiger partial charge in [0.05, 0.1) is 31.7 Å². The second-order valence-electron chi connectivity index (χ2n) is 8.29. The van der Waals surface area contributed by atoms with E-state index in [2.05, 4.69) is 10.3 Å². The third kappa shape index (κ3) is 5.93. The number of alkyl halides is 3. The van der Waals surface area contributed by atoms with E-state index in [1.165, 1.54) is 32.5 Å². The van der Waals surface area contributed by atoms with Crippen molar-refractivity contribution in [3.8, 4) is 11.5 Å². The fourth-order valence-corrected chi connectivity index (χ4v) is 3.98. The van der Waals surface area contributed by atoms with Crippen molar-refractivity contribution in [1.82, 2.24) is 9.88 Å². The van der Waals surface area contributed by atoms with Gasteiger partial charge < -0.3 is 24.6 Å². The number of halogens is 3. The van der Waals surface area contributed by atoms with Crippen LogP contribution in [0.3, 0.4) is 0 Å². The van der Waals surface area contributed by atoms with E-state index < -0.39 is 17.6 Å². The lowest BCUT2D eigenvalue weighted by molar-refractivity contribution is -0.137. The van der Waals surface area contributed by atoms with Crippen molar-refractivity contribution in [3.05, 3.63) is 77.5 Å². The summed E-state index contributed by atoms with van der Waals surface area (Å²) < 4.78 is 49.3. The van der Waals surface area contributed by atoms with Crippen molar-refractivity contribution in [2.75, 3.05) is 50.6 Å². The Kier molecular flexibility index (Phi) is 7.51. The standard InChI is InChI=1S/C26H25F3N4O4/c1-36-21-8-6-18(15-22(21)37-2)25(35)33-12-10-32(11-13-33)23-9-7-20(16-30-23)31-24(34)17-4-3-5-19(14-17)26(27,28)29/h3-9,14-16H,10-13H2,1-2H3,(H,31,34). The lowest BCUT2D eigenvalue weighted by Crippen LogP contribution is -2.49. The van der Waals surface area contributed by atoms with Gasteiger partial charge in [-0.15, -0.1) is 0 Å².